The van der Waals surface area contributed by atoms with Gasteiger partial charge < -0.3 is 5.73 Å². The number of aromatic nitrogens is 2. The number of nitrogens with zero attached hydrogens (tertiary/aromatic N) is 3. The predicted octanol–water partition coefficient (Wildman–Crippen LogP) is 1.76. The number of hydrogen-bond donors (Lipinski definition) is 1. The van der Waals surface area contributed by atoms with Crippen molar-refractivity contribution in [3.05, 3.63) is 11.4 Å². The van der Waals surface area contributed by atoms with Crippen LogP contribution in [0.4, 0.5) is 0 Å². The van der Waals surface area contributed by atoms with Crippen LogP contribution < -0.4 is 5.73 Å². The highest BCUT2D eigenvalue weighted by Gasteiger charge is 2.31. The van der Waals surface area contributed by atoms with Gasteiger partial charge in [-0.15, -0.1) is 0 Å². The van der Waals surface area contributed by atoms with Gasteiger partial charge in [0.05, 0.1) is 11.4 Å². The van der Waals surface area contributed by atoms with E-state index in [1.54, 1.807) is 18.7 Å². The molecule has 22 heavy (non-hydrogen) atoms. The Morgan fingerprint density at radius 1 is 1.32 bits per heavy atom. The van der Waals surface area contributed by atoms with Crippen molar-refractivity contribution in [3.8, 4) is 0 Å². The molecule has 0 radical (unpaired) electrons. The van der Waals surface area contributed by atoms with Crippen molar-refractivity contribution in [3.63, 3.8) is 0 Å². The van der Waals surface area contributed by atoms with E-state index >= 15 is 0 Å². The van der Waals surface area contributed by atoms with Crippen molar-refractivity contribution in [2.45, 2.75) is 53.0 Å². The van der Waals surface area contributed by atoms with Crippen molar-refractivity contribution in [2.75, 3.05) is 20.1 Å². The quantitative estimate of drug-likeness (QED) is 0.826. The average molecular weight is 330 g/mol. The number of rotatable bonds is 7. The maximum atomic E-state index is 12.9. The summed E-state index contributed by atoms with van der Waals surface area (Å²) in [5.41, 5.74) is 6.70. The Balaban J connectivity index is 3.21. The van der Waals surface area contributed by atoms with E-state index in [1.807, 2.05) is 20.8 Å². The maximum Gasteiger partial charge on any atom is 0.246 e. The molecular weight excluding hydrogens is 300 g/mol. The van der Waals surface area contributed by atoms with E-state index in [4.69, 9.17) is 5.73 Å². The summed E-state index contributed by atoms with van der Waals surface area (Å²) >= 11 is 0. The van der Waals surface area contributed by atoms with Crippen LogP contribution in [0.5, 0.6) is 0 Å². The number of aryl methyl sites for hydroxylation is 1. The first-order valence-electron chi connectivity index (χ1n) is 7.63. The lowest BCUT2D eigenvalue weighted by molar-refractivity contribution is 0.291. The van der Waals surface area contributed by atoms with Gasteiger partial charge in [-0.1, -0.05) is 27.7 Å². The van der Waals surface area contributed by atoms with Crippen molar-refractivity contribution in [1.82, 2.24) is 14.1 Å². The Labute approximate surface area is 134 Å². The lowest BCUT2D eigenvalue weighted by Crippen LogP contribution is -2.40. The van der Waals surface area contributed by atoms with E-state index in [9.17, 15) is 8.42 Å². The summed E-state index contributed by atoms with van der Waals surface area (Å²) in [7, 11) is -1.96. The Morgan fingerprint density at radius 3 is 2.32 bits per heavy atom. The summed E-state index contributed by atoms with van der Waals surface area (Å²) in [5.74, 6) is 0.405. The minimum Gasteiger partial charge on any atom is -0.330 e. The zero-order chi connectivity index (χ0) is 17.3. The molecule has 6 nitrogen and oxygen atoms in total. The summed E-state index contributed by atoms with van der Waals surface area (Å²) in [5, 5.41) is 4.40. The Hall–Kier alpha value is -0.920. The SMILES string of the molecule is Cc1nn(CC(C)C)c(C)c1S(=O)(=O)N(C)CC(C)(C)CN. The molecule has 0 bridgehead atoms. The first kappa shape index (κ1) is 19.1. The van der Waals surface area contributed by atoms with Crippen LogP contribution in [-0.2, 0) is 16.6 Å². The average Bonchev–Trinajstić information content (AvgIpc) is 2.63. The third-order valence-electron chi connectivity index (χ3n) is 3.72. The number of nitrogens with two attached hydrogens (primary N) is 1. The second-order valence-electron chi connectivity index (χ2n) is 7.21. The molecule has 1 rings (SSSR count). The van der Waals surface area contributed by atoms with E-state index in [1.165, 1.54) is 4.31 Å². The van der Waals surface area contributed by atoms with Crippen LogP contribution in [0.2, 0.25) is 0 Å². The van der Waals surface area contributed by atoms with Crippen LogP contribution in [0.3, 0.4) is 0 Å². The van der Waals surface area contributed by atoms with E-state index < -0.39 is 10.0 Å². The minimum absolute atomic E-state index is 0.266. The molecule has 0 aromatic carbocycles. The van der Waals surface area contributed by atoms with Gasteiger partial charge in [0.15, 0.2) is 0 Å². The van der Waals surface area contributed by atoms with E-state index in [-0.39, 0.29) is 5.41 Å². The van der Waals surface area contributed by atoms with Gasteiger partial charge in [0.25, 0.3) is 0 Å². The molecule has 0 aliphatic rings. The fourth-order valence-corrected chi connectivity index (χ4v) is 4.21. The molecule has 0 aliphatic carbocycles. The van der Waals surface area contributed by atoms with E-state index in [0.29, 0.717) is 41.8 Å². The molecule has 0 atom stereocenters. The smallest absolute Gasteiger partial charge is 0.246 e. The summed E-state index contributed by atoms with van der Waals surface area (Å²) in [6.07, 6.45) is 0. The van der Waals surface area contributed by atoms with Crippen LogP contribution in [0.25, 0.3) is 0 Å². The molecule has 1 aromatic rings. The monoisotopic (exact) mass is 330 g/mol. The Kier molecular flexibility index (Phi) is 5.81. The molecule has 2 N–H and O–H groups in total. The van der Waals surface area contributed by atoms with Gasteiger partial charge in [-0.2, -0.15) is 5.10 Å². The van der Waals surface area contributed by atoms with Gasteiger partial charge in [-0.25, -0.2) is 12.7 Å². The zero-order valence-electron chi connectivity index (χ0n) is 14.8. The third kappa shape index (κ3) is 4.08. The van der Waals surface area contributed by atoms with Crippen LogP contribution in [0.15, 0.2) is 4.90 Å². The normalized spacial score (nSPS) is 13.4. The summed E-state index contributed by atoms with van der Waals surface area (Å²) < 4.78 is 29.0. The van der Waals surface area contributed by atoms with Crippen LogP contribution >= 0.6 is 0 Å². The lowest BCUT2D eigenvalue weighted by atomic mass is 9.94. The van der Waals surface area contributed by atoms with Crippen LogP contribution in [0, 0.1) is 25.2 Å². The molecule has 0 spiro atoms. The second kappa shape index (κ2) is 6.68. The summed E-state index contributed by atoms with van der Waals surface area (Å²) in [6.45, 7) is 13.2. The first-order valence-corrected chi connectivity index (χ1v) is 9.07. The van der Waals surface area contributed by atoms with Gasteiger partial charge >= 0.3 is 0 Å². The molecule has 7 heteroatoms. The minimum atomic E-state index is -3.56. The number of sulfonamides is 1. The molecule has 0 aliphatic heterocycles. The van der Waals surface area contributed by atoms with Crippen molar-refractivity contribution < 1.29 is 8.42 Å². The topological polar surface area (TPSA) is 81.2 Å². The molecule has 0 saturated heterocycles. The fourth-order valence-electron chi connectivity index (χ4n) is 2.49. The van der Waals surface area contributed by atoms with E-state index in [0.717, 1.165) is 0 Å². The standard InChI is InChI=1S/C15H30N4O2S/c1-11(2)8-19-13(4)14(12(3)17-19)22(20,21)18(7)10-15(5,6)9-16/h11H,8-10,16H2,1-7H3. The largest absolute Gasteiger partial charge is 0.330 e. The highest BCUT2D eigenvalue weighted by molar-refractivity contribution is 7.89. The van der Waals surface area contributed by atoms with Gasteiger partial charge in [0, 0.05) is 20.1 Å². The first-order chi connectivity index (χ1) is 9.92. The third-order valence-corrected chi connectivity index (χ3v) is 5.78. The Bertz CT molecular complexity index is 618. The van der Waals surface area contributed by atoms with Gasteiger partial charge in [-0.05, 0) is 31.7 Å². The molecule has 0 unspecified atom stereocenters. The van der Waals surface area contributed by atoms with Crippen molar-refractivity contribution >= 4 is 10.0 Å². The molecule has 128 valence electrons. The van der Waals surface area contributed by atoms with E-state index in [2.05, 4.69) is 18.9 Å². The lowest BCUT2D eigenvalue weighted by Gasteiger charge is -2.28. The summed E-state index contributed by atoms with van der Waals surface area (Å²) in [6, 6.07) is 0. The highest BCUT2D eigenvalue weighted by Crippen LogP contribution is 2.26. The van der Waals surface area contributed by atoms with Crippen LogP contribution in [-0.4, -0.2) is 42.6 Å². The molecule has 1 heterocycles. The molecular formula is C15H30N4O2S. The second-order valence-corrected chi connectivity index (χ2v) is 9.19. The van der Waals surface area contributed by atoms with Crippen molar-refractivity contribution in [2.24, 2.45) is 17.1 Å². The van der Waals surface area contributed by atoms with Gasteiger partial charge in [0.1, 0.15) is 4.90 Å². The molecule has 1 aromatic heterocycles. The fraction of sp³-hybridized carbons (Fsp3) is 0.800. The number of hydrogen-bond acceptors (Lipinski definition) is 4. The van der Waals surface area contributed by atoms with Gasteiger partial charge in [-0.3, -0.25) is 4.68 Å². The molecule has 0 fully saturated rings. The Morgan fingerprint density at radius 2 is 1.86 bits per heavy atom. The molecule has 0 saturated carbocycles. The van der Waals surface area contributed by atoms with Crippen LogP contribution in [0.1, 0.15) is 39.1 Å². The highest BCUT2D eigenvalue weighted by atomic mass is 32.2. The van der Waals surface area contributed by atoms with Crippen molar-refractivity contribution in [1.29, 1.82) is 0 Å². The van der Waals surface area contributed by atoms with Gasteiger partial charge in [0.2, 0.25) is 10.0 Å². The zero-order valence-corrected chi connectivity index (χ0v) is 15.7. The summed E-state index contributed by atoms with van der Waals surface area (Å²) in [4.78, 5) is 0.323. The molecule has 0 amide bonds. The predicted molar refractivity (Wildman–Crippen MR) is 89.2 cm³/mol. The maximum absolute atomic E-state index is 12.9.